The van der Waals surface area contributed by atoms with E-state index in [1.807, 2.05) is 31.2 Å². The van der Waals surface area contributed by atoms with Crippen molar-refractivity contribution >= 4 is 35.3 Å². The van der Waals surface area contributed by atoms with Crippen LogP contribution in [0.5, 0.6) is 0 Å². The molecule has 0 aliphatic rings. The Hall–Kier alpha value is -2.66. The fraction of sp³-hybridized carbons (Fsp3) is 0.0625. The maximum atomic E-state index is 11.7. The number of benzene rings is 2. The number of amides is 2. The quantitative estimate of drug-likeness (QED) is 0.519. The lowest BCUT2D eigenvalue weighted by Crippen LogP contribution is -2.32. The highest BCUT2D eigenvalue weighted by Gasteiger charge is 2.13. The summed E-state index contributed by atoms with van der Waals surface area (Å²) in [5.41, 5.74) is 4.41. The summed E-state index contributed by atoms with van der Waals surface area (Å²) >= 11 is 5.90. The van der Waals surface area contributed by atoms with E-state index in [4.69, 9.17) is 11.6 Å². The lowest BCUT2D eigenvalue weighted by Gasteiger charge is -2.05. The van der Waals surface area contributed by atoms with Gasteiger partial charge in [0.05, 0.1) is 16.9 Å². The average Bonchev–Trinajstić information content (AvgIpc) is 2.51. The number of hydrazone groups is 1. The molecule has 0 aromatic heterocycles. The second-order valence-corrected chi connectivity index (χ2v) is 4.90. The van der Waals surface area contributed by atoms with Crippen LogP contribution in [0.2, 0.25) is 5.02 Å². The molecule has 6 heteroatoms. The molecule has 2 amide bonds. The topological polar surface area (TPSA) is 70.6 Å². The van der Waals surface area contributed by atoms with Crippen LogP contribution in [-0.4, -0.2) is 18.0 Å². The van der Waals surface area contributed by atoms with E-state index in [0.29, 0.717) is 10.7 Å². The largest absolute Gasteiger partial charge is 0.329 e. The van der Waals surface area contributed by atoms with Gasteiger partial charge in [-0.2, -0.15) is 5.10 Å². The summed E-state index contributed by atoms with van der Waals surface area (Å²) in [4.78, 5) is 23.4. The highest BCUT2D eigenvalue weighted by molar-refractivity contribution is 6.41. The molecule has 2 rings (SSSR count). The molecule has 22 heavy (non-hydrogen) atoms. The number of aryl methyl sites for hydroxylation is 1. The summed E-state index contributed by atoms with van der Waals surface area (Å²) in [5, 5.41) is 6.54. The van der Waals surface area contributed by atoms with Crippen LogP contribution in [0.1, 0.15) is 11.1 Å². The number of nitrogens with one attached hydrogen (secondary N) is 2. The van der Waals surface area contributed by atoms with Gasteiger partial charge < -0.3 is 5.32 Å². The monoisotopic (exact) mass is 315 g/mol. The van der Waals surface area contributed by atoms with Gasteiger partial charge in [0.2, 0.25) is 0 Å². The molecule has 0 atom stereocenters. The third-order valence-electron chi connectivity index (χ3n) is 2.89. The summed E-state index contributed by atoms with van der Waals surface area (Å²) in [7, 11) is 0. The predicted molar refractivity (Wildman–Crippen MR) is 87.0 cm³/mol. The van der Waals surface area contributed by atoms with Crippen molar-refractivity contribution in [1.29, 1.82) is 0 Å². The van der Waals surface area contributed by atoms with Gasteiger partial charge in [-0.3, -0.25) is 9.59 Å². The molecule has 0 spiro atoms. The first-order valence-corrected chi connectivity index (χ1v) is 6.90. The molecule has 2 aromatic rings. The first-order chi connectivity index (χ1) is 10.6. The van der Waals surface area contributed by atoms with E-state index in [2.05, 4.69) is 15.8 Å². The molecule has 0 fully saturated rings. The molecule has 0 saturated heterocycles. The number of para-hydroxylation sites is 1. The van der Waals surface area contributed by atoms with Crippen LogP contribution in [0.4, 0.5) is 5.69 Å². The number of rotatable bonds is 3. The van der Waals surface area contributed by atoms with Crippen molar-refractivity contribution in [2.24, 2.45) is 5.10 Å². The van der Waals surface area contributed by atoms with Crippen molar-refractivity contribution in [2.75, 3.05) is 5.32 Å². The SMILES string of the molecule is Cc1ccccc1/C=N/NC(=O)C(=O)Nc1ccccc1Cl. The smallest absolute Gasteiger partial charge is 0.316 e. The Morgan fingerprint density at radius 2 is 1.73 bits per heavy atom. The molecule has 0 aliphatic carbocycles. The van der Waals surface area contributed by atoms with Gasteiger partial charge in [0.25, 0.3) is 0 Å². The molecule has 0 bridgehead atoms. The minimum atomic E-state index is -0.871. The summed E-state index contributed by atoms with van der Waals surface area (Å²) in [5.74, 6) is -1.71. The summed E-state index contributed by atoms with van der Waals surface area (Å²) < 4.78 is 0. The number of anilines is 1. The second-order valence-electron chi connectivity index (χ2n) is 4.49. The molecule has 2 N–H and O–H groups in total. The number of hydrogen-bond donors (Lipinski definition) is 2. The van der Waals surface area contributed by atoms with Crippen molar-refractivity contribution in [3.8, 4) is 0 Å². The minimum Gasteiger partial charge on any atom is -0.316 e. The van der Waals surface area contributed by atoms with Crippen LogP contribution >= 0.6 is 11.6 Å². The zero-order chi connectivity index (χ0) is 15.9. The van der Waals surface area contributed by atoms with Gasteiger partial charge in [0.15, 0.2) is 0 Å². The van der Waals surface area contributed by atoms with E-state index in [9.17, 15) is 9.59 Å². The minimum absolute atomic E-state index is 0.354. The van der Waals surface area contributed by atoms with Crippen molar-refractivity contribution in [1.82, 2.24) is 5.43 Å². The Morgan fingerprint density at radius 1 is 1.05 bits per heavy atom. The standard InChI is InChI=1S/C16H14ClN3O2/c1-11-6-2-3-7-12(11)10-18-20-16(22)15(21)19-14-9-5-4-8-13(14)17/h2-10H,1H3,(H,19,21)(H,20,22)/b18-10+. The number of halogens is 1. The maximum absolute atomic E-state index is 11.7. The highest BCUT2D eigenvalue weighted by Crippen LogP contribution is 2.20. The van der Waals surface area contributed by atoms with E-state index in [1.54, 1.807) is 24.3 Å². The van der Waals surface area contributed by atoms with Gasteiger partial charge in [-0.05, 0) is 30.2 Å². The fourth-order valence-electron chi connectivity index (χ4n) is 1.68. The third-order valence-corrected chi connectivity index (χ3v) is 3.22. The number of nitrogens with zero attached hydrogens (tertiary/aromatic N) is 1. The number of carbonyl (C=O) groups is 2. The molecule has 0 aliphatic heterocycles. The van der Waals surface area contributed by atoms with Crippen LogP contribution in [0.3, 0.4) is 0 Å². The number of carbonyl (C=O) groups excluding carboxylic acids is 2. The van der Waals surface area contributed by atoms with E-state index < -0.39 is 11.8 Å². The Bertz CT molecular complexity index is 729. The summed E-state index contributed by atoms with van der Waals surface area (Å²) in [6.45, 7) is 1.92. The zero-order valence-corrected chi connectivity index (χ0v) is 12.6. The molecule has 0 radical (unpaired) electrons. The van der Waals surface area contributed by atoms with Crippen molar-refractivity contribution in [3.63, 3.8) is 0 Å². The third kappa shape index (κ3) is 4.17. The molecule has 0 heterocycles. The Balaban J connectivity index is 1.94. The molecule has 0 saturated carbocycles. The fourth-order valence-corrected chi connectivity index (χ4v) is 1.87. The van der Waals surface area contributed by atoms with E-state index in [-0.39, 0.29) is 0 Å². The van der Waals surface area contributed by atoms with Gasteiger partial charge >= 0.3 is 11.8 Å². The zero-order valence-electron chi connectivity index (χ0n) is 11.8. The Labute approximate surface area is 133 Å². The van der Waals surface area contributed by atoms with Gasteiger partial charge in [0, 0.05) is 0 Å². The molecule has 0 unspecified atom stereocenters. The average molecular weight is 316 g/mol. The molecular formula is C16H14ClN3O2. The van der Waals surface area contributed by atoms with Crippen molar-refractivity contribution in [3.05, 3.63) is 64.7 Å². The maximum Gasteiger partial charge on any atom is 0.329 e. The van der Waals surface area contributed by atoms with Crippen molar-refractivity contribution < 1.29 is 9.59 Å². The Kier molecular flexibility index (Phi) is 5.27. The summed E-state index contributed by atoms with van der Waals surface area (Å²) in [6.07, 6.45) is 1.48. The summed E-state index contributed by atoms with van der Waals surface area (Å²) in [6, 6.07) is 14.2. The van der Waals surface area contributed by atoms with Crippen LogP contribution in [0.25, 0.3) is 0 Å². The number of hydrogen-bond acceptors (Lipinski definition) is 3. The Morgan fingerprint density at radius 3 is 2.45 bits per heavy atom. The predicted octanol–water partition coefficient (Wildman–Crippen LogP) is 2.74. The van der Waals surface area contributed by atoms with E-state index in [0.717, 1.165) is 11.1 Å². The van der Waals surface area contributed by atoms with Crippen LogP contribution in [0.15, 0.2) is 53.6 Å². The van der Waals surface area contributed by atoms with Gasteiger partial charge in [-0.25, -0.2) is 5.43 Å². The lowest BCUT2D eigenvalue weighted by atomic mass is 10.1. The van der Waals surface area contributed by atoms with E-state index in [1.165, 1.54) is 6.21 Å². The molecular weight excluding hydrogens is 302 g/mol. The van der Waals surface area contributed by atoms with Gasteiger partial charge in [-0.15, -0.1) is 0 Å². The van der Waals surface area contributed by atoms with Crippen LogP contribution < -0.4 is 10.7 Å². The lowest BCUT2D eigenvalue weighted by molar-refractivity contribution is -0.136. The van der Waals surface area contributed by atoms with Crippen LogP contribution in [0, 0.1) is 6.92 Å². The molecule has 2 aromatic carbocycles. The molecule has 112 valence electrons. The van der Waals surface area contributed by atoms with Crippen LogP contribution in [-0.2, 0) is 9.59 Å². The highest BCUT2D eigenvalue weighted by atomic mass is 35.5. The first-order valence-electron chi connectivity index (χ1n) is 6.52. The first kappa shape index (κ1) is 15.7. The normalized spacial score (nSPS) is 10.5. The van der Waals surface area contributed by atoms with Gasteiger partial charge in [0.1, 0.15) is 0 Å². The second kappa shape index (κ2) is 7.38. The van der Waals surface area contributed by atoms with E-state index >= 15 is 0 Å². The van der Waals surface area contributed by atoms with Gasteiger partial charge in [-0.1, -0.05) is 48.0 Å². The molecule has 5 nitrogen and oxygen atoms in total. The van der Waals surface area contributed by atoms with Crippen molar-refractivity contribution in [2.45, 2.75) is 6.92 Å².